The molecule has 9 heteroatoms. The van der Waals surface area contributed by atoms with Crippen LogP contribution in [0.4, 0.5) is 5.69 Å². The van der Waals surface area contributed by atoms with Crippen molar-refractivity contribution in [2.45, 2.75) is 13.0 Å². The molecule has 1 aromatic heterocycles. The van der Waals surface area contributed by atoms with Gasteiger partial charge in [0.15, 0.2) is 0 Å². The van der Waals surface area contributed by atoms with Gasteiger partial charge in [-0.3, -0.25) is 4.79 Å². The van der Waals surface area contributed by atoms with E-state index < -0.39 is 18.0 Å². The lowest BCUT2D eigenvalue weighted by atomic mass is 10.1. The molecule has 3 aromatic carbocycles. The molecule has 1 atom stereocenters. The number of tetrazole rings is 1. The summed E-state index contributed by atoms with van der Waals surface area (Å²) in [5.41, 5.74) is 1.86. The highest BCUT2D eigenvalue weighted by Gasteiger charge is 2.26. The third-order valence-electron chi connectivity index (χ3n) is 4.71. The minimum atomic E-state index is -1.18. The third kappa shape index (κ3) is 5.21. The van der Waals surface area contributed by atoms with Gasteiger partial charge in [0, 0.05) is 5.56 Å². The maximum atomic E-state index is 13.2. The number of ether oxygens (including phenoxy) is 2. The highest BCUT2D eigenvalue weighted by Crippen LogP contribution is 2.27. The normalized spacial score (nSPS) is 11.4. The van der Waals surface area contributed by atoms with Crippen LogP contribution < -0.4 is 10.1 Å². The van der Waals surface area contributed by atoms with Crippen molar-refractivity contribution in [2.24, 2.45) is 0 Å². The monoisotopic (exact) mass is 443 g/mol. The second-order valence-corrected chi connectivity index (χ2v) is 6.92. The molecule has 9 nitrogen and oxygen atoms in total. The van der Waals surface area contributed by atoms with E-state index in [1.807, 2.05) is 19.1 Å². The number of esters is 1. The van der Waals surface area contributed by atoms with Crippen molar-refractivity contribution in [3.8, 4) is 11.4 Å². The van der Waals surface area contributed by atoms with Crippen LogP contribution in [0.25, 0.3) is 5.69 Å². The van der Waals surface area contributed by atoms with Gasteiger partial charge in [-0.15, -0.1) is 5.10 Å². The smallest absolute Gasteiger partial charge is 0.339 e. The molecule has 4 rings (SSSR count). The topological polar surface area (TPSA) is 108 Å². The molecule has 1 heterocycles. The van der Waals surface area contributed by atoms with Crippen LogP contribution in [-0.4, -0.2) is 38.7 Å². The first kappa shape index (κ1) is 21.7. The SMILES string of the molecule is CCOc1ccccc1NC(=O)C(OC(=O)c1cccc(-n2cnnn2)c1)c1ccccc1. The predicted octanol–water partition coefficient (Wildman–Crippen LogP) is 3.60. The predicted molar refractivity (Wildman–Crippen MR) is 120 cm³/mol. The van der Waals surface area contributed by atoms with Crippen LogP contribution >= 0.6 is 0 Å². The number of carbonyl (C=O) groups is 2. The molecule has 1 unspecified atom stereocenters. The minimum absolute atomic E-state index is 0.256. The first-order chi connectivity index (χ1) is 16.2. The van der Waals surface area contributed by atoms with Gasteiger partial charge in [0.1, 0.15) is 12.1 Å². The standard InChI is InChI=1S/C24H21N5O4/c1-2-32-21-14-7-6-13-20(21)26-23(30)22(17-9-4-3-5-10-17)33-24(31)18-11-8-12-19(15-18)29-16-25-27-28-29/h3-16,22H,2H2,1H3,(H,26,30). The van der Waals surface area contributed by atoms with Crippen LogP contribution in [-0.2, 0) is 9.53 Å². The summed E-state index contributed by atoms with van der Waals surface area (Å²) >= 11 is 0. The lowest BCUT2D eigenvalue weighted by Crippen LogP contribution is -2.26. The van der Waals surface area contributed by atoms with Gasteiger partial charge in [0.25, 0.3) is 5.91 Å². The van der Waals surface area contributed by atoms with E-state index in [1.165, 1.54) is 11.0 Å². The Labute approximate surface area is 190 Å². The van der Waals surface area contributed by atoms with Gasteiger partial charge in [0.05, 0.1) is 23.5 Å². The van der Waals surface area contributed by atoms with Crippen LogP contribution in [0.1, 0.15) is 28.9 Å². The molecule has 0 radical (unpaired) electrons. The average molecular weight is 443 g/mol. The zero-order valence-corrected chi connectivity index (χ0v) is 17.8. The van der Waals surface area contributed by atoms with Crippen molar-refractivity contribution in [1.29, 1.82) is 0 Å². The molecule has 166 valence electrons. The summed E-state index contributed by atoms with van der Waals surface area (Å²) in [5.74, 6) is -0.633. The van der Waals surface area contributed by atoms with Gasteiger partial charge in [-0.1, -0.05) is 48.5 Å². The largest absolute Gasteiger partial charge is 0.492 e. The number of nitrogens with zero attached hydrogens (tertiary/aromatic N) is 4. The minimum Gasteiger partial charge on any atom is -0.492 e. The summed E-state index contributed by atoms with van der Waals surface area (Å²) < 4.78 is 12.7. The Morgan fingerprint density at radius 1 is 1.00 bits per heavy atom. The van der Waals surface area contributed by atoms with Gasteiger partial charge in [0.2, 0.25) is 6.10 Å². The number of hydrogen-bond donors (Lipinski definition) is 1. The number of amides is 1. The number of carbonyl (C=O) groups excluding carboxylic acids is 2. The lowest BCUT2D eigenvalue weighted by Gasteiger charge is -2.19. The molecule has 0 aliphatic heterocycles. The van der Waals surface area contributed by atoms with Gasteiger partial charge in [-0.25, -0.2) is 9.48 Å². The number of rotatable bonds is 8. The van der Waals surface area contributed by atoms with Crippen molar-refractivity contribution in [3.63, 3.8) is 0 Å². The van der Waals surface area contributed by atoms with Gasteiger partial charge in [-0.2, -0.15) is 0 Å². The number of hydrogen-bond acceptors (Lipinski definition) is 7. The summed E-state index contributed by atoms with van der Waals surface area (Å²) in [6, 6.07) is 22.5. The molecule has 0 fully saturated rings. The van der Waals surface area contributed by atoms with E-state index in [-0.39, 0.29) is 5.56 Å². The Kier molecular flexibility index (Phi) is 6.70. The zero-order chi connectivity index (χ0) is 23.0. The van der Waals surface area contributed by atoms with Gasteiger partial charge in [-0.05, 0) is 47.7 Å². The Hall–Kier alpha value is -4.53. The fraction of sp³-hybridized carbons (Fsp3) is 0.125. The number of benzene rings is 3. The number of anilines is 1. The van der Waals surface area contributed by atoms with Crippen LogP contribution in [0.5, 0.6) is 5.75 Å². The van der Waals surface area contributed by atoms with Gasteiger partial charge >= 0.3 is 5.97 Å². The lowest BCUT2D eigenvalue weighted by molar-refractivity contribution is -0.125. The first-order valence-electron chi connectivity index (χ1n) is 10.3. The number of nitrogens with one attached hydrogen (secondary N) is 1. The highest BCUT2D eigenvalue weighted by atomic mass is 16.5. The highest BCUT2D eigenvalue weighted by molar-refractivity contribution is 5.99. The van der Waals surface area contributed by atoms with Crippen molar-refractivity contribution in [3.05, 3.63) is 96.3 Å². The van der Waals surface area contributed by atoms with Crippen molar-refractivity contribution >= 4 is 17.6 Å². The number of aromatic nitrogens is 4. The summed E-state index contributed by atoms with van der Waals surface area (Å²) in [6.07, 6.45) is 0.241. The molecule has 0 aliphatic rings. The van der Waals surface area contributed by atoms with E-state index >= 15 is 0 Å². The Balaban J connectivity index is 1.59. The quantitative estimate of drug-likeness (QED) is 0.415. The molecule has 4 aromatic rings. The van der Waals surface area contributed by atoms with Crippen LogP contribution in [0, 0.1) is 0 Å². The second kappa shape index (κ2) is 10.2. The van der Waals surface area contributed by atoms with Crippen LogP contribution in [0.15, 0.2) is 85.2 Å². The van der Waals surface area contributed by atoms with E-state index in [0.29, 0.717) is 29.3 Å². The molecule has 1 N–H and O–H groups in total. The summed E-state index contributed by atoms with van der Waals surface area (Å²) in [7, 11) is 0. The third-order valence-corrected chi connectivity index (χ3v) is 4.71. The Morgan fingerprint density at radius 3 is 2.55 bits per heavy atom. The molecule has 1 amide bonds. The Bertz CT molecular complexity index is 1230. The molecule has 0 saturated heterocycles. The zero-order valence-electron chi connectivity index (χ0n) is 17.8. The molecule has 0 aliphatic carbocycles. The van der Waals surface area contributed by atoms with Crippen molar-refractivity contribution in [1.82, 2.24) is 20.2 Å². The molecule has 33 heavy (non-hydrogen) atoms. The van der Waals surface area contributed by atoms with E-state index in [0.717, 1.165) is 0 Å². The van der Waals surface area contributed by atoms with Crippen molar-refractivity contribution < 1.29 is 19.1 Å². The molecule has 0 bridgehead atoms. The van der Waals surface area contributed by atoms with Crippen LogP contribution in [0.2, 0.25) is 0 Å². The van der Waals surface area contributed by atoms with E-state index in [4.69, 9.17) is 9.47 Å². The molecule has 0 saturated carbocycles. The van der Waals surface area contributed by atoms with Crippen LogP contribution in [0.3, 0.4) is 0 Å². The molecule has 0 spiro atoms. The fourth-order valence-electron chi connectivity index (χ4n) is 3.18. The molecular formula is C24H21N5O4. The molecular weight excluding hydrogens is 422 g/mol. The van der Waals surface area contributed by atoms with E-state index in [2.05, 4.69) is 20.8 Å². The fourth-order valence-corrected chi connectivity index (χ4v) is 3.18. The maximum Gasteiger partial charge on any atom is 0.339 e. The maximum absolute atomic E-state index is 13.2. The first-order valence-corrected chi connectivity index (χ1v) is 10.3. The summed E-state index contributed by atoms with van der Waals surface area (Å²) in [6.45, 7) is 2.30. The summed E-state index contributed by atoms with van der Waals surface area (Å²) in [5, 5.41) is 13.8. The van der Waals surface area contributed by atoms with Crippen molar-refractivity contribution in [2.75, 3.05) is 11.9 Å². The average Bonchev–Trinajstić information content (AvgIpc) is 3.39. The van der Waals surface area contributed by atoms with Gasteiger partial charge < -0.3 is 14.8 Å². The van der Waals surface area contributed by atoms with E-state index in [9.17, 15) is 9.59 Å². The Morgan fingerprint density at radius 2 is 1.79 bits per heavy atom. The van der Waals surface area contributed by atoms with E-state index in [1.54, 1.807) is 66.7 Å². The number of para-hydroxylation sites is 2. The second-order valence-electron chi connectivity index (χ2n) is 6.92. The summed E-state index contributed by atoms with van der Waals surface area (Å²) in [4.78, 5) is 26.2.